The van der Waals surface area contributed by atoms with Crippen LogP contribution >= 0.6 is 0 Å². The molecule has 0 bridgehead atoms. The second-order valence-corrected chi connectivity index (χ2v) is 6.90. The Morgan fingerprint density at radius 3 is 2.44 bits per heavy atom. The lowest BCUT2D eigenvalue weighted by molar-refractivity contribution is -0.136. The predicted molar refractivity (Wildman–Crippen MR) is 95.0 cm³/mol. The normalized spacial score (nSPS) is 17.0. The average molecular weight is 342 g/mol. The molecule has 1 saturated heterocycles. The van der Waals surface area contributed by atoms with Crippen LogP contribution in [-0.4, -0.2) is 52.0 Å². The van der Waals surface area contributed by atoms with E-state index in [2.05, 4.69) is 34.1 Å². The molecular formula is C19H26N4O2. The molecule has 1 aliphatic rings. The molecule has 0 radical (unpaired) electrons. The molecule has 1 atom stereocenters. The molecule has 3 rings (SSSR count). The van der Waals surface area contributed by atoms with Crippen molar-refractivity contribution in [1.29, 1.82) is 0 Å². The van der Waals surface area contributed by atoms with E-state index in [-0.39, 0.29) is 17.9 Å². The molecule has 134 valence electrons. The average Bonchev–Trinajstić information content (AvgIpc) is 3.10. The van der Waals surface area contributed by atoms with Crippen LogP contribution in [0.5, 0.6) is 0 Å². The first-order valence-electron chi connectivity index (χ1n) is 8.94. The molecule has 1 aliphatic heterocycles. The fraction of sp³-hybridized carbons (Fsp3) is 0.526. The Kier molecular flexibility index (Phi) is 5.48. The number of carbonyl (C=O) groups is 1. The molecule has 0 unspecified atom stereocenters. The van der Waals surface area contributed by atoms with Crippen molar-refractivity contribution in [3.63, 3.8) is 0 Å². The lowest BCUT2D eigenvalue weighted by Crippen LogP contribution is -2.50. The topological polar surface area (TPSA) is 62.5 Å². The van der Waals surface area contributed by atoms with E-state index in [9.17, 15) is 4.79 Å². The lowest BCUT2D eigenvalue weighted by Gasteiger charge is -2.37. The third-order valence-electron chi connectivity index (χ3n) is 4.71. The molecule has 6 nitrogen and oxygen atoms in total. The zero-order chi connectivity index (χ0) is 17.8. The van der Waals surface area contributed by atoms with E-state index < -0.39 is 0 Å². The summed E-state index contributed by atoms with van der Waals surface area (Å²) in [4.78, 5) is 20.9. The van der Waals surface area contributed by atoms with Crippen LogP contribution < -0.4 is 0 Å². The van der Waals surface area contributed by atoms with E-state index >= 15 is 0 Å². The monoisotopic (exact) mass is 342 g/mol. The van der Waals surface area contributed by atoms with E-state index in [1.165, 1.54) is 5.56 Å². The molecule has 2 aromatic rings. The van der Waals surface area contributed by atoms with Crippen LogP contribution in [0.15, 0.2) is 34.9 Å². The summed E-state index contributed by atoms with van der Waals surface area (Å²) in [6, 6.07) is 10.2. The van der Waals surface area contributed by atoms with Crippen molar-refractivity contribution in [3.8, 4) is 0 Å². The number of benzene rings is 1. The summed E-state index contributed by atoms with van der Waals surface area (Å²) in [5.74, 6) is 1.65. The number of carbonyl (C=O) groups excluding carboxylic acids is 1. The van der Waals surface area contributed by atoms with Crippen LogP contribution in [0.1, 0.15) is 44.1 Å². The van der Waals surface area contributed by atoms with Gasteiger partial charge in [0.1, 0.15) is 0 Å². The van der Waals surface area contributed by atoms with E-state index in [0.29, 0.717) is 18.1 Å². The smallest absolute Gasteiger partial charge is 0.243 e. The summed E-state index contributed by atoms with van der Waals surface area (Å²) in [7, 11) is 0. The van der Waals surface area contributed by atoms with Crippen molar-refractivity contribution in [2.75, 3.05) is 26.2 Å². The first-order valence-corrected chi connectivity index (χ1v) is 8.94. The number of piperazine rings is 1. The lowest BCUT2D eigenvalue weighted by atomic mass is 10.1. The van der Waals surface area contributed by atoms with Crippen LogP contribution in [0.2, 0.25) is 0 Å². The van der Waals surface area contributed by atoms with Gasteiger partial charge in [-0.25, -0.2) is 0 Å². The summed E-state index contributed by atoms with van der Waals surface area (Å²) in [6.45, 7) is 9.15. The van der Waals surface area contributed by atoms with Gasteiger partial charge in [-0.05, 0) is 12.5 Å². The molecule has 2 heterocycles. The summed E-state index contributed by atoms with van der Waals surface area (Å²) in [5, 5.41) is 4.12. The first-order chi connectivity index (χ1) is 12.0. The van der Waals surface area contributed by atoms with Gasteiger partial charge in [0.15, 0.2) is 5.82 Å². The standard InChI is InChI=1S/C19H26N4O2/c1-14(2)19(24)23-11-9-22(10-12-23)15(3)18-20-17(21-25-18)13-16-7-5-4-6-8-16/h4-8,14-15H,9-13H2,1-3H3/t15-/m0/s1. The van der Waals surface area contributed by atoms with Crippen molar-refractivity contribution < 1.29 is 9.32 Å². The Labute approximate surface area is 148 Å². The number of nitrogens with zero attached hydrogens (tertiary/aromatic N) is 4. The van der Waals surface area contributed by atoms with Crippen LogP contribution in [0.3, 0.4) is 0 Å². The van der Waals surface area contributed by atoms with E-state index in [4.69, 9.17) is 4.52 Å². The number of aromatic nitrogens is 2. The third kappa shape index (κ3) is 4.25. The minimum absolute atomic E-state index is 0.0560. The molecule has 0 saturated carbocycles. The van der Waals surface area contributed by atoms with Gasteiger partial charge < -0.3 is 9.42 Å². The van der Waals surface area contributed by atoms with Gasteiger partial charge in [0.25, 0.3) is 0 Å². The van der Waals surface area contributed by atoms with Gasteiger partial charge in [0.2, 0.25) is 11.8 Å². The van der Waals surface area contributed by atoms with Crippen molar-refractivity contribution >= 4 is 5.91 Å². The van der Waals surface area contributed by atoms with E-state index in [0.717, 1.165) is 26.2 Å². The highest BCUT2D eigenvalue weighted by molar-refractivity contribution is 5.78. The minimum Gasteiger partial charge on any atom is -0.340 e. The van der Waals surface area contributed by atoms with Gasteiger partial charge in [0, 0.05) is 38.5 Å². The minimum atomic E-state index is 0.0560. The fourth-order valence-corrected chi connectivity index (χ4v) is 3.14. The van der Waals surface area contributed by atoms with Crippen molar-refractivity contribution in [1.82, 2.24) is 19.9 Å². The first kappa shape index (κ1) is 17.6. The quantitative estimate of drug-likeness (QED) is 0.835. The van der Waals surface area contributed by atoms with E-state index in [1.54, 1.807) is 0 Å². The zero-order valence-electron chi connectivity index (χ0n) is 15.2. The molecule has 0 aliphatic carbocycles. The summed E-state index contributed by atoms with van der Waals surface area (Å²) < 4.78 is 5.48. The SMILES string of the molecule is CC(C)C(=O)N1CCN([C@@H](C)c2nc(Cc3ccccc3)no2)CC1. The molecule has 1 aromatic heterocycles. The maximum atomic E-state index is 12.1. The zero-order valence-corrected chi connectivity index (χ0v) is 15.2. The van der Waals surface area contributed by atoms with Crippen molar-refractivity contribution in [2.24, 2.45) is 5.92 Å². The fourth-order valence-electron chi connectivity index (χ4n) is 3.14. The van der Waals surface area contributed by atoms with Crippen LogP contribution in [0, 0.1) is 5.92 Å². The molecule has 25 heavy (non-hydrogen) atoms. The van der Waals surface area contributed by atoms with Gasteiger partial charge in [-0.2, -0.15) is 4.98 Å². The second-order valence-electron chi connectivity index (χ2n) is 6.90. The van der Waals surface area contributed by atoms with Crippen LogP contribution in [0.25, 0.3) is 0 Å². The Morgan fingerprint density at radius 2 is 1.80 bits per heavy atom. The Hall–Kier alpha value is -2.21. The van der Waals surface area contributed by atoms with Crippen molar-refractivity contribution in [2.45, 2.75) is 33.2 Å². The van der Waals surface area contributed by atoms with Gasteiger partial charge >= 0.3 is 0 Å². The number of amides is 1. The Balaban J connectivity index is 1.57. The molecule has 6 heteroatoms. The number of rotatable bonds is 5. The molecular weight excluding hydrogens is 316 g/mol. The molecule has 1 amide bonds. The number of hydrogen-bond acceptors (Lipinski definition) is 5. The molecule has 0 spiro atoms. The molecule has 1 aromatic carbocycles. The van der Waals surface area contributed by atoms with Crippen LogP contribution in [0.4, 0.5) is 0 Å². The molecule has 1 fully saturated rings. The maximum Gasteiger partial charge on any atom is 0.243 e. The highest BCUT2D eigenvalue weighted by Crippen LogP contribution is 2.21. The van der Waals surface area contributed by atoms with E-state index in [1.807, 2.05) is 36.9 Å². The highest BCUT2D eigenvalue weighted by Gasteiger charge is 2.28. The largest absolute Gasteiger partial charge is 0.340 e. The van der Waals surface area contributed by atoms with Gasteiger partial charge in [-0.1, -0.05) is 49.3 Å². The summed E-state index contributed by atoms with van der Waals surface area (Å²) in [6.07, 6.45) is 0.674. The molecule has 0 N–H and O–H groups in total. The second kappa shape index (κ2) is 7.78. The number of hydrogen-bond donors (Lipinski definition) is 0. The van der Waals surface area contributed by atoms with Crippen LogP contribution in [-0.2, 0) is 11.2 Å². The van der Waals surface area contributed by atoms with Gasteiger partial charge in [0.05, 0.1) is 6.04 Å². The van der Waals surface area contributed by atoms with Gasteiger partial charge in [-0.3, -0.25) is 9.69 Å². The Morgan fingerprint density at radius 1 is 1.12 bits per heavy atom. The third-order valence-corrected chi connectivity index (χ3v) is 4.71. The summed E-state index contributed by atoms with van der Waals surface area (Å²) >= 11 is 0. The highest BCUT2D eigenvalue weighted by atomic mass is 16.5. The maximum absolute atomic E-state index is 12.1. The Bertz CT molecular complexity index is 690. The van der Waals surface area contributed by atoms with Gasteiger partial charge in [-0.15, -0.1) is 0 Å². The predicted octanol–water partition coefficient (Wildman–Crippen LogP) is 2.52. The van der Waals surface area contributed by atoms with Crippen molar-refractivity contribution in [3.05, 3.63) is 47.6 Å². The summed E-state index contributed by atoms with van der Waals surface area (Å²) in [5.41, 5.74) is 1.17.